The summed E-state index contributed by atoms with van der Waals surface area (Å²) in [7, 11) is 0. The number of aryl methyl sites for hydroxylation is 1. The first-order valence-electron chi connectivity index (χ1n) is 9.59. The van der Waals surface area contributed by atoms with Gasteiger partial charge in [0.1, 0.15) is 18.4 Å². The van der Waals surface area contributed by atoms with E-state index in [1.54, 1.807) is 29.2 Å². The van der Waals surface area contributed by atoms with Crippen molar-refractivity contribution in [1.29, 1.82) is 0 Å². The third-order valence-electron chi connectivity index (χ3n) is 4.77. The van der Waals surface area contributed by atoms with Gasteiger partial charge in [0, 0.05) is 23.2 Å². The highest BCUT2D eigenvalue weighted by Gasteiger charge is 2.37. The summed E-state index contributed by atoms with van der Waals surface area (Å²) < 4.78 is 5.74. The summed E-state index contributed by atoms with van der Waals surface area (Å²) in [6.07, 6.45) is 3.17. The summed E-state index contributed by atoms with van der Waals surface area (Å²) in [5, 5.41) is 3.44. The van der Waals surface area contributed by atoms with Crippen molar-refractivity contribution in [1.82, 2.24) is 5.32 Å². The van der Waals surface area contributed by atoms with E-state index in [0.717, 1.165) is 30.5 Å². The molecule has 2 aromatic carbocycles. The Kier molecular flexibility index (Phi) is 6.57. The van der Waals surface area contributed by atoms with Crippen molar-refractivity contribution in [3.05, 3.63) is 58.6 Å². The summed E-state index contributed by atoms with van der Waals surface area (Å²) in [4.78, 5) is 26.3. The van der Waals surface area contributed by atoms with E-state index in [9.17, 15) is 9.59 Å². The zero-order valence-corrected chi connectivity index (χ0v) is 17.0. The molecule has 0 spiro atoms. The van der Waals surface area contributed by atoms with Gasteiger partial charge >= 0.3 is 0 Å². The molecule has 1 aliphatic heterocycles. The normalized spacial score (nSPS) is 15.5. The van der Waals surface area contributed by atoms with Crippen LogP contribution in [-0.2, 0) is 16.0 Å². The molecule has 0 saturated carbocycles. The molecule has 2 aromatic rings. The van der Waals surface area contributed by atoms with Crippen LogP contribution in [0.1, 0.15) is 43.9 Å². The first-order chi connectivity index (χ1) is 13.5. The van der Waals surface area contributed by atoms with E-state index in [-0.39, 0.29) is 11.8 Å². The van der Waals surface area contributed by atoms with E-state index >= 15 is 0 Å². The Morgan fingerprint density at radius 3 is 2.64 bits per heavy atom. The molecule has 28 heavy (non-hydrogen) atoms. The number of halogens is 1. The Bertz CT molecular complexity index is 851. The molecule has 5 nitrogen and oxygen atoms in total. The van der Waals surface area contributed by atoms with Crippen LogP contribution in [0.25, 0.3) is 0 Å². The molecular weight excluding hydrogens is 376 g/mol. The maximum atomic E-state index is 12.9. The highest BCUT2D eigenvalue weighted by atomic mass is 35.5. The zero-order valence-electron chi connectivity index (χ0n) is 16.2. The van der Waals surface area contributed by atoms with E-state index in [2.05, 4.69) is 18.3 Å². The highest BCUT2D eigenvalue weighted by Crippen LogP contribution is 2.36. The van der Waals surface area contributed by atoms with Gasteiger partial charge in [0.05, 0.1) is 6.54 Å². The van der Waals surface area contributed by atoms with Crippen LogP contribution in [0, 0.1) is 0 Å². The quantitative estimate of drug-likeness (QED) is 0.719. The molecule has 0 aromatic heterocycles. The average Bonchev–Trinajstić information content (AvgIpc) is 2.92. The standard InChI is InChI=1S/C22H25ClN2O3/c1-3-4-5-16-6-11-20-19(14-16)21(24-15(2)26)22(27)25(20)12-13-28-18-9-7-17(23)8-10-18/h6-11,14,21H,3-5,12-13H2,1-2H3,(H,24,26)/t21-/m1/s1. The second kappa shape index (κ2) is 9.11. The largest absolute Gasteiger partial charge is 0.492 e. The van der Waals surface area contributed by atoms with Crippen molar-refractivity contribution >= 4 is 29.1 Å². The maximum absolute atomic E-state index is 12.9. The van der Waals surface area contributed by atoms with Crippen molar-refractivity contribution in [2.75, 3.05) is 18.1 Å². The van der Waals surface area contributed by atoms with Crippen LogP contribution < -0.4 is 15.0 Å². The lowest BCUT2D eigenvalue weighted by atomic mass is 10.0. The molecule has 0 saturated heterocycles. The lowest BCUT2D eigenvalue weighted by Crippen LogP contribution is -2.38. The van der Waals surface area contributed by atoms with E-state index in [4.69, 9.17) is 16.3 Å². The fourth-order valence-electron chi connectivity index (χ4n) is 3.38. The Morgan fingerprint density at radius 1 is 1.21 bits per heavy atom. The molecule has 0 bridgehead atoms. The zero-order chi connectivity index (χ0) is 20.1. The fraction of sp³-hybridized carbons (Fsp3) is 0.364. The first kappa shape index (κ1) is 20.2. The number of fused-ring (bicyclic) bond motifs is 1. The Labute approximate surface area is 170 Å². The van der Waals surface area contributed by atoms with E-state index in [1.165, 1.54) is 12.5 Å². The van der Waals surface area contributed by atoms with Gasteiger partial charge in [-0.1, -0.05) is 37.1 Å². The number of unbranched alkanes of at least 4 members (excludes halogenated alkanes) is 1. The number of carbonyl (C=O) groups is 2. The molecule has 0 unspecified atom stereocenters. The molecule has 0 fully saturated rings. The molecule has 1 atom stereocenters. The van der Waals surface area contributed by atoms with Crippen LogP contribution in [0.2, 0.25) is 5.02 Å². The molecular formula is C22H25ClN2O3. The topological polar surface area (TPSA) is 58.6 Å². The highest BCUT2D eigenvalue weighted by molar-refractivity contribution is 6.30. The molecule has 0 aliphatic carbocycles. The van der Waals surface area contributed by atoms with Crippen molar-refractivity contribution in [3.8, 4) is 5.75 Å². The van der Waals surface area contributed by atoms with E-state index in [0.29, 0.717) is 23.9 Å². The summed E-state index contributed by atoms with van der Waals surface area (Å²) in [5.41, 5.74) is 2.88. The number of rotatable bonds is 8. The van der Waals surface area contributed by atoms with Gasteiger partial charge in [0.15, 0.2) is 0 Å². The van der Waals surface area contributed by atoms with Gasteiger partial charge < -0.3 is 15.0 Å². The number of benzene rings is 2. The number of nitrogens with zero attached hydrogens (tertiary/aromatic N) is 1. The molecule has 1 aliphatic rings. The minimum Gasteiger partial charge on any atom is -0.492 e. The second-order valence-electron chi connectivity index (χ2n) is 6.92. The molecule has 1 N–H and O–H groups in total. The van der Waals surface area contributed by atoms with Crippen molar-refractivity contribution < 1.29 is 14.3 Å². The van der Waals surface area contributed by atoms with Gasteiger partial charge in [-0.25, -0.2) is 0 Å². The Hall–Kier alpha value is -2.53. The van der Waals surface area contributed by atoms with Gasteiger partial charge in [-0.3, -0.25) is 9.59 Å². The number of hydrogen-bond donors (Lipinski definition) is 1. The number of ether oxygens (including phenoxy) is 1. The third kappa shape index (κ3) is 4.65. The monoisotopic (exact) mass is 400 g/mol. The molecule has 3 rings (SSSR count). The van der Waals surface area contributed by atoms with Crippen LogP contribution in [0.3, 0.4) is 0 Å². The predicted molar refractivity (Wildman–Crippen MR) is 111 cm³/mol. The second-order valence-corrected chi connectivity index (χ2v) is 7.36. The average molecular weight is 401 g/mol. The molecule has 2 amide bonds. The van der Waals surface area contributed by atoms with E-state index in [1.807, 2.05) is 12.1 Å². The lowest BCUT2D eigenvalue weighted by Gasteiger charge is -2.18. The van der Waals surface area contributed by atoms with Gasteiger partial charge in [-0.2, -0.15) is 0 Å². The van der Waals surface area contributed by atoms with Gasteiger partial charge in [-0.15, -0.1) is 0 Å². The minimum atomic E-state index is -0.635. The summed E-state index contributed by atoms with van der Waals surface area (Å²) in [6, 6.07) is 12.6. The number of nitrogens with one attached hydrogen (secondary N) is 1. The van der Waals surface area contributed by atoms with Crippen LogP contribution in [0.4, 0.5) is 5.69 Å². The number of amides is 2. The summed E-state index contributed by atoms with van der Waals surface area (Å²) >= 11 is 5.88. The smallest absolute Gasteiger partial charge is 0.254 e. The number of hydrogen-bond acceptors (Lipinski definition) is 3. The number of anilines is 1. The number of carbonyl (C=O) groups excluding carboxylic acids is 2. The van der Waals surface area contributed by atoms with Gasteiger partial charge in [0.25, 0.3) is 5.91 Å². The van der Waals surface area contributed by atoms with Crippen LogP contribution >= 0.6 is 11.6 Å². The first-order valence-corrected chi connectivity index (χ1v) is 9.97. The third-order valence-corrected chi connectivity index (χ3v) is 5.02. The van der Waals surface area contributed by atoms with Gasteiger partial charge in [0.2, 0.25) is 5.91 Å². The van der Waals surface area contributed by atoms with Crippen molar-refractivity contribution in [2.45, 2.75) is 39.2 Å². The fourth-order valence-corrected chi connectivity index (χ4v) is 3.51. The Morgan fingerprint density at radius 2 is 1.96 bits per heavy atom. The van der Waals surface area contributed by atoms with Crippen LogP contribution in [0.15, 0.2) is 42.5 Å². The minimum absolute atomic E-state index is 0.127. The lowest BCUT2D eigenvalue weighted by molar-refractivity contribution is -0.126. The van der Waals surface area contributed by atoms with Crippen LogP contribution in [0.5, 0.6) is 5.75 Å². The molecule has 0 radical (unpaired) electrons. The van der Waals surface area contributed by atoms with Gasteiger partial charge in [-0.05, 0) is 48.7 Å². The SMILES string of the molecule is CCCCc1ccc2c(c1)[C@@H](NC(C)=O)C(=O)N2CCOc1ccc(Cl)cc1. The molecule has 1 heterocycles. The predicted octanol–water partition coefficient (Wildman–Crippen LogP) is 4.29. The van der Waals surface area contributed by atoms with Crippen molar-refractivity contribution in [3.63, 3.8) is 0 Å². The summed E-state index contributed by atoms with van der Waals surface area (Å²) in [5.74, 6) is 0.352. The van der Waals surface area contributed by atoms with Crippen molar-refractivity contribution in [2.24, 2.45) is 0 Å². The molecule has 148 valence electrons. The summed E-state index contributed by atoms with van der Waals surface area (Å²) in [6.45, 7) is 4.33. The molecule has 6 heteroatoms. The maximum Gasteiger partial charge on any atom is 0.254 e. The van der Waals surface area contributed by atoms with E-state index < -0.39 is 6.04 Å². The Balaban J connectivity index is 1.75. The van der Waals surface area contributed by atoms with Crippen LogP contribution in [-0.4, -0.2) is 25.0 Å².